The Balaban J connectivity index is 1.88. The van der Waals surface area contributed by atoms with Gasteiger partial charge in [0, 0.05) is 24.1 Å². The first-order valence-corrected chi connectivity index (χ1v) is 6.78. The van der Waals surface area contributed by atoms with Crippen LogP contribution in [0.3, 0.4) is 0 Å². The topological polar surface area (TPSA) is 81.0 Å². The number of nitrogens with one attached hydrogen (secondary N) is 1. The normalized spacial score (nSPS) is 16.1. The second-order valence-corrected chi connectivity index (χ2v) is 5.38. The van der Waals surface area contributed by atoms with Crippen molar-refractivity contribution < 1.29 is 4.92 Å². The van der Waals surface area contributed by atoms with Gasteiger partial charge in [0.1, 0.15) is 12.1 Å². The Morgan fingerprint density at radius 2 is 2.25 bits per heavy atom. The van der Waals surface area contributed by atoms with Gasteiger partial charge in [-0.3, -0.25) is 10.1 Å². The van der Waals surface area contributed by atoms with E-state index >= 15 is 0 Å². The molecule has 2 aromatic rings. The summed E-state index contributed by atoms with van der Waals surface area (Å²) >= 11 is 0. The number of fused-ring (bicyclic) bond motifs is 1. The Kier molecular flexibility index (Phi) is 3.22. The molecule has 1 aliphatic carbocycles. The van der Waals surface area contributed by atoms with Gasteiger partial charge < -0.3 is 5.32 Å². The summed E-state index contributed by atoms with van der Waals surface area (Å²) in [6.07, 6.45) is 4.09. The van der Waals surface area contributed by atoms with Crippen LogP contribution in [0.25, 0.3) is 10.9 Å². The number of nitro benzene ring substituents is 1. The number of non-ortho nitro benzene ring substituents is 1. The predicted octanol–water partition coefficient (Wildman–Crippen LogP) is 3.00. The molecule has 0 saturated heterocycles. The molecule has 6 nitrogen and oxygen atoms in total. The Bertz CT molecular complexity index is 655. The number of anilines is 1. The van der Waals surface area contributed by atoms with Gasteiger partial charge >= 0.3 is 0 Å². The second kappa shape index (κ2) is 5.03. The van der Waals surface area contributed by atoms with Crippen LogP contribution in [0, 0.1) is 22.0 Å². The molecule has 1 saturated carbocycles. The summed E-state index contributed by atoms with van der Waals surface area (Å²) in [5, 5.41) is 14.9. The van der Waals surface area contributed by atoms with Gasteiger partial charge in [0.15, 0.2) is 0 Å². The lowest BCUT2D eigenvalue weighted by molar-refractivity contribution is -0.384. The summed E-state index contributed by atoms with van der Waals surface area (Å²) < 4.78 is 0. The molecule has 1 aromatic heterocycles. The smallest absolute Gasteiger partial charge is 0.270 e. The van der Waals surface area contributed by atoms with E-state index in [1.807, 2.05) is 0 Å². The zero-order chi connectivity index (χ0) is 14.1. The summed E-state index contributed by atoms with van der Waals surface area (Å²) in [6.45, 7) is 3.05. The number of nitro groups is 1. The number of aromatic nitrogens is 2. The molecule has 1 aromatic carbocycles. The van der Waals surface area contributed by atoms with Crippen molar-refractivity contribution in [3.05, 3.63) is 34.6 Å². The average molecular weight is 272 g/mol. The van der Waals surface area contributed by atoms with Crippen molar-refractivity contribution in [3.8, 4) is 0 Å². The molecule has 104 valence electrons. The SMILES string of the molecule is CC(CNc1ncnc2ccc([N+](=O)[O-])cc12)C1CC1. The maximum Gasteiger partial charge on any atom is 0.270 e. The fourth-order valence-corrected chi connectivity index (χ4v) is 2.39. The molecule has 0 radical (unpaired) electrons. The first-order chi connectivity index (χ1) is 9.65. The van der Waals surface area contributed by atoms with Crippen LogP contribution in [0.15, 0.2) is 24.5 Å². The van der Waals surface area contributed by atoms with E-state index in [1.54, 1.807) is 6.07 Å². The van der Waals surface area contributed by atoms with Crippen molar-refractivity contribution in [3.63, 3.8) is 0 Å². The standard InChI is InChI=1S/C14H16N4O2/c1-9(10-2-3-10)7-15-14-12-6-11(18(19)20)4-5-13(12)16-8-17-14/h4-6,8-10H,2-3,7H2,1H3,(H,15,16,17). The zero-order valence-corrected chi connectivity index (χ0v) is 11.2. The zero-order valence-electron chi connectivity index (χ0n) is 11.2. The molecule has 20 heavy (non-hydrogen) atoms. The first kappa shape index (κ1) is 12.8. The van der Waals surface area contributed by atoms with Crippen LogP contribution >= 0.6 is 0 Å². The molecule has 0 amide bonds. The lowest BCUT2D eigenvalue weighted by Crippen LogP contribution is -2.14. The Hall–Kier alpha value is -2.24. The van der Waals surface area contributed by atoms with Crippen LogP contribution in [0.5, 0.6) is 0 Å². The van der Waals surface area contributed by atoms with E-state index in [0.29, 0.717) is 22.6 Å². The van der Waals surface area contributed by atoms with Gasteiger partial charge in [-0.1, -0.05) is 6.92 Å². The lowest BCUT2D eigenvalue weighted by atomic mass is 10.1. The van der Waals surface area contributed by atoms with Gasteiger partial charge in [-0.2, -0.15) is 0 Å². The quantitative estimate of drug-likeness (QED) is 0.668. The van der Waals surface area contributed by atoms with Crippen LogP contribution in [-0.4, -0.2) is 21.4 Å². The van der Waals surface area contributed by atoms with Crippen molar-refractivity contribution in [2.45, 2.75) is 19.8 Å². The van der Waals surface area contributed by atoms with Crippen molar-refractivity contribution in [2.24, 2.45) is 11.8 Å². The minimum absolute atomic E-state index is 0.0607. The van der Waals surface area contributed by atoms with Gasteiger partial charge in [0.05, 0.1) is 10.4 Å². The molecule has 1 aliphatic rings. The van der Waals surface area contributed by atoms with Gasteiger partial charge in [-0.15, -0.1) is 0 Å². The highest BCUT2D eigenvalue weighted by Crippen LogP contribution is 2.36. The predicted molar refractivity (Wildman–Crippen MR) is 76.6 cm³/mol. The van der Waals surface area contributed by atoms with Gasteiger partial charge in [-0.25, -0.2) is 9.97 Å². The van der Waals surface area contributed by atoms with Crippen molar-refractivity contribution in [1.82, 2.24) is 9.97 Å². The third-order valence-electron chi connectivity index (χ3n) is 3.85. The van der Waals surface area contributed by atoms with Crippen LogP contribution < -0.4 is 5.32 Å². The van der Waals surface area contributed by atoms with E-state index in [4.69, 9.17) is 0 Å². The minimum Gasteiger partial charge on any atom is -0.369 e. The number of nitrogens with zero attached hydrogens (tertiary/aromatic N) is 3. The van der Waals surface area contributed by atoms with E-state index < -0.39 is 4.92 Å². The highest BCUT2D eigenvalue weighted by Gasteiger charge is 2.27. The number of hydrogen-bond donors (Lipinski definition) is 1. The molecule has 1 fully saturated rings. The van der Waals surface area contributed by atoms with E-state index in [0.717, 1.165) is 12.5 Å². The molecule has 1 unspecified atom stereocenters. The number of hydrogen-bond acceptors (Lipinski definition) is 5. The van der Waals surface area contributed by atoms with E-state index in [2.05, 4.69) is 22.2 Å². The molecular formula is C14H16N4O2. The number of rotatable bonds is 5. The van der Waals surface area contributed by atoms with E-state index in [-0.39, 0.29) is 5.69 Å². The highest BCUT2D eigenvalue weighted by atomic mass is 16.6. The van der Waals surface area contributed by atoms with Crippen molar-refractivity contribution in [1.29, 1.82) is 0 Å². The molecular weight excluding hydrogens is 256 g/mol. The molecule has 1 atom stereocenters. The molecule has 1 heterocycles. The highest BCUT2D eigenvalue weighted by molar-refractivity contribution is 5.90. The number of benzene rings is 1. The van der Waals surface area contributed by atoms with Crippen LogP contribution in [0.2, 0.25) is 0 Å². The molecule has 0 spiro atoms. The summed E-state index contributed by atoms with van der Waals surface area (Å²) in [7, 11) is 0. The summed E-state index contributed by atoms with van der Waals surface area (Å²) in [5.74, 6) is 2.08. The van der Waals surface area contributed by atoms with Gasteiger partial charge in [0.25, 0.3) is 5.69 Å². The first-order valence-electron chi connectivity index (χ1n) is 6.78. The largest absolute Gasteiger partial charge is 0.369 e. The maximum absolute atomic E-state index is 10.9. The van der Waals surface area contributed by atoms with Crippen LogP contribution in [-0.2, 0) is 0 Å². The summed E-state index contributed by atoms with van der Waals surface area (Å²) in [4.78, 5) is 18.8. The summed E-state index contributed by atoms with van der Waals surface area (Å²) in [5.41, 5.74) is 0.776. The monoisotopic (exact) mass is 272 g/mol. The lowest BCUT2D eigenvalue weighted by Gasteiger charge is -2.13. The van der Waals surface area contributed by atoms with Gasteiger partial charge in [-0.05, 0) is 30.7 Å². The van der Waals surface area contributed by atoms with Crippen molar-refractivity contribution >= 4 is 22.4 Å². The van der Waals surface area contributed by atoms with Crippen LogP contribution in [0.4, 0.5) is 11.5 Å². The molecule has 6 heteroatoms. The molecule has 0 aliphatic heterocycles. The molecule has 3 rings (SSSR count). The van der Waals surface area contributed by atoms with E-state index in [9.17, 15) is 10.1 Å². The van der Waals surface area contributed by atoms with Crippen molar-refractivity contribution in [2.75, 3.05) is 11.9 Å². The third kappa shape index (κ3) is 2.54. The fourth-order valence-electron chi connectivity index (χ4n) is 2.39. The molecule has 0 bridgehead atoms. The van der Waals surface area contributed by atoms with E-state index in [1.165, 1.54) is 31.3 Å². The van der Waals surface area contributed by atoms with Crippen LogP contribution in [0.1, 0.15) is 19.8 Å². The Morgan fingerprint density at radius 1 is 1.45 bits per heavy atom. The molecule has 1 N–H and O–H groups in total. The fraction of sp³-hybridized carbons (Fsp3) is 0.429. The van der Waals surface area contributed by atoms with Gasteiger partial charge in [0.2, 0.25) is 0 Å². The Labute approximate surface area is 116 Å². The minimum atomic E-state index is -0.400. The maximum atomic E-state index is 10.9. The average Bonchev–Trinajstić information content (AvgIpc) is 3.28. The third-order valence-corrected chi connectivity index (χ3v) is 3.85. The Morgan fingerprint density at radius 3 is 2.95 bits per heavy atom. The summed E-state index contributed by atoms with van der Waals surface area (Å²) in [6, 6.07) is 4.65. The second-order valence-electron chi connectivity index (χ2n) is 5.38.